The molecule has 1 aromatic carbocycles. The Hall–Kier alpha value is -1.13. The van der Waals surface area contributed by atoms with Gasteiger partial charge >= 0.3 is 0 Å². The number of nitrogens with one attached hydrogen (secondary N) is 1. The Bertz CT molecular complexity index is 477. The first-order valence-electron chi connectivity index (χ1n) is 7.90. The molecule has 1 saturated heterocycles. The Morgan fingerprint density at radius 2 is 2.09 bits per heavy atom. The second-order valence-corrected chi connectivity index (χ2v) is 5.79. The molecule has 1 heterocycles. The van der Waals surface area contributed by atoms with E-state index in [0.29, 0.717) is 6.04 Å². The molecule has 5 heteroatoms. The smallest absolute Gasteiger partial charge is 0.230 e. The first kappa shape index (κ1) is 18.9. The van der Waals surface area contributed by atoms with Crippen LogP contribution in [0.5, 0.6) is 0 Å². The summed E-state index contributed by atoms with van der Waals surface area (Å²) >= 11 is 0. The van der Waals surface area contributed by atoms with Crippen molar-refractivity contribution in [2.24, 2.45) is 0 Å². The highest BCUT2D eigenvalue weighted by molar-refractivity contribution is 5.85. The van der Waals surface area contributed by atoms with E-state index in [-0.39, 0.29) is 30.0 Å². The van der Waals surface area contributed by atoms with E-state index in [1.807, 2.05) is 17.9 Å². The van der Waals surface area contributed by atoms with Crippen LogP contribution in [0.3, 0.4) is 0 Å². The molecule has 1 amide bonds. The van der Waals surface area contributed by atoms with Crippen LogP contribution in [0.15, 0.2) is 24.3 Å². The fraction of sp³-hybridized carbons (Fsp3) is 0.588. The molecule has 3 nitrogen and oxygen atoms in total. The van der Waals surface area contributed by atoms with Crippen LogP contribution in [0.25, 0.3) is 0 Å². The first-order chi connectivity index (χ1) is 10.1. The number of piperidine rings is 1. The summed E-state index contributed by atoms with van der Waals surface area (Å²) in [5.74, 6) is -0.451. The first-order valence-corrected chi connectivity index (χ1v) is 7.90. The van der Waals surface area contributed by atoms with Gasteiger partial charge in [0, 0.05) is 12.6 Å². The lowest BCUT2D eigenvalue weighted by Crippen LogP contribution is -2.47. The van der Waals surface area contributed by atoms with E-state index in [0.717, 1.165) is 44.5 Å². The summed E-state index contributed by atoms with van der Waals surface area (Å²) in [4.78, 5) is 14.8. The number of rotatable bonds is 5. The molecule has 0 radical (unpaired) electrons. The zero-order valence-electron chi connectivity index (χ0n) is 13.3. The van der Waals surface area contributed by atoms with Crippen molar-refractivity contribution in [1.29, 1.82) is 0 Å². The zero-order valence-corrected chi connectivity index (χ0v) is 14.2. The molecule has 0 aromatic heterocycles. The summed E-state index contributed by atoms with van der Waals surface area (Å²) in [6.45, 7) is 6.68. The fourth-order valence-corrected chi connectivity index (χ4v) is 3.00. The van der Waals surface area contributed by atoms with Gasteiger partial charge in [0.15, 0.2) is 0 Å². The molecule has 1 unspecified atom stereocenters. The van der Waals surface area contributed by atoms with Crippen molar-refractivity contribution in [3.05, 3.63) is 35.6 Å². The molecule has 1 N–H and O–H groups in total. The number of hydrogen-bond acceptors (Lipinski definition) is 2. The number of nitrogens with zero attached hydrogens (tertiary/aromatic N) is 1. The van der Waals surface area contributed by atoms with Gasteiger partial charge in [0.1, 0.15) is 5.82 Å². The molecule has 0 aliphatic carbocycles. The van der Waals surface area contributed by atoms with Crippen molar-refractivity contribution in [2.45, 2.75) is 45.1 Å². The number of halogens is 2. The maximum absolute atomic E-state index is 13.4. The lowest BCUT2D eigenvalue weighted by Gasteiger charge is -2.36. The van der Waals surface area contributed by atoms with Gasteiger partial charge in [-0.25, -0.2) is 4.39 Å². The average Bonchev–Trinajstić information content (AvgIpc) is 2.52. The SMILES string of the molecule is CCCN(C(=O)C(C)c1cccc(F)c1)C1CCNCC1.Cl. The maximum Gasteiger partial charge on any atom is 0.230 e. The molecule has 1 atom stereocenters. The van der Waals surface area contributed by atoms with Gasteiger partial charge < -0.3 is 10.2 Å². The van der Waals surface area contributed by atoms with Crippen LogP contribution in [0.4, 0.5) is 4.39 Å². The number of carbonyl (C=O) groups excluding carboxylic acids is 1. The Morgan fingerprint density at radius 1 is 1.41 bits per heavy atom. The van der Waals surface area contributed by atoms with Gasteiger partial charge in [-0.15, -0.1) is 12.4 Å². The van der Waals surface area contributed by atoms with Crippen molar-refractivity contribution < 1.29 is 9.18 Å². The second-order valence-electron chi connectivity index (χ2n) is 5.79. The predicted octanol–water partition coefficient (Wildman–Crippen LogP) is 3.34. The third kappa shape index (κ3) is 4.68. The summed E-state index contributed by atoms with van der Waals surface area (Å²) in [6, 6.07) is 6.70. The van der Waals surface area contributed by atoms with Gasteiger partial charge in [-0.05, 0) is 57.0 Å². The maximum atomic E-state index is 13.4. The molecule has 124 valence electrons. The lowest BCUT2D eigenvalue weighted by molar-refractivity contribution is -0.135. The Labute approximate surface area is 138 Å². The summed E-state index contributed by atoms with van der Waals surface area (Å²) in [5.41, 5.74) is 0.759. The summed E-state index contributed by atoms with van der Waals surface area (Å²) in [7, 11) is 0. The van der Waals surface area contributed by atoms with E-state index in [1.165, 1.54) is 12.1 Å². The summed E-state index contributed by atoms with van der Waals surface area (Å²) in [5, 5.41) is 3.33. The van der Waals surface area contributed by atoms with E-state index in [2.05, 4.69) is 12.2 Å². The van der Waals surface area contributed by atoms with Crippen LogP contribution in [-0.2, 0) is 4.79 Å². The van der Waals surface area contributed by atoms with Crippen molar-refractivity contribution in [1.82, 2.24) is 10.2 Å². The standard InChI is InChI=1S/C17H25FN2O.ClH/c1-3-11-20(16-7-9-19-10-8-16)17(21)13(2)14-5-4-6-15(18)12-14;/h4-6,12-13,16,19H,3,7-11H2,1-2H3;1H. The van der Waals surface area contributed by atoms with Gasteiger partial charge in [0.25, 0.3) is 0 Å². The largest absolute Gasteiger partial charge is 0.339 e. The highest BCUT2D eigenvalue weighted by Gasteiger charge is 2.28. The topological polar surface area (TPSA) is 32.3 Å². The summed E-state index contributed by atoms with van der Waals surface area (Å²) < 4.78 is 13.4. The molecule has 1 fully saturated rings. The van der Waals surface area contributed by atoms with Gasteiger partial charge in [-0.1, -0.05) is 19.1 Å². The molecular formula is C17H26ClFN2O. The van der Waals surface area contributed by atoms with Crippen LogP contribution in [0.1, 0.15) is 44.6 Å². The minimum atomic E-state index is -0.290. The van der Waals surface area contributed by atoms with E-state index in [4.69, 9.17) is 0 Å². The van der Waals surface area contributed by atoms with Crippen LogP contribution in [0.2, 0.25) is 0 Å². The van der Waals surface area contributed by atoms with Crippen molar-refractivity contribution in [3.8, 4) is 0 Å². The van der Waals surface area contributed by atoms with Gasteiger partial charge in [0.2, 0.25) is 5.91 Å². The van der Waals surface area contributed by atoms with Gasteiger partial charge in [-0.3, -0.25) is 4.79 Å². The minimum Gasteiger partial charge on any atom is -0.339 e. The van der Waals surface area contributed by atoms with Crippen LogP contribution < -0.4 is 5.32 Å². The fourth-order valence-electron chi connectivity index (χ4n) is 3.00. The van der Waals surface area contributed by atoms with Crippen LogP contribution >= 0.6 is 12.4 Å². The quantitative estimate of drug-likeness (QED) is 0.899. The van der Waals surface area contributed by atoms with E-state index in [9.17, 15) is 9.18 Å². The molecule has 0 saturated carbocycles. The third-order valence-electron chi connectivity index (χ3n) is 4.22. The van der Waals surface area contributed by atoms with Crippen molar-refractivity contribution in [3.63, 3.8) is 0 Å². The van der Waals surface area contributed by atoms with Crippen LogP contribution in [0, 0.1) is 5.82 Å². The predicted molar refractivity (Wildman–Crippen MR) is 90.0 cm³/mol. The average molecular weight is 329 g/mol. The Morgan fingerprint density at radius 3 is 2.68 bits per heavy atom. The molecule has 1 aliphatic rings. The normalized spacial score (nSPS) is 16.7. The highest BCUT2D eigenvalue weighted by Crippen LogP contribution is 2.22. The Kier molecular flexibility index (Phi) is 7.83. The lowest BCUT2D eigenvalue weighted by atomic mass is 9.96. The van der Waals surface area contributed by atoms with Crippen LogP contribution in [-0.4, -0.2) is 36.5 Å². The number of benzene rings is 1. The van der Waals surface area contributed by atoms with Gasteiger partial charge in [-0.2, -0.15) is 0 Å². The summed E-state index contributed by atoms with van der Waals surface area (Å²) in [6.07, 6.45) is 2.95. The Balaban J connectivity index is 0.00000242. The van der Waals surface area contributed by atoms with E-state index < -0.39 is 0 Å². The minimum absolute atomic E-state index is 0. The monoisotopic (exact) mass is 328 g/mol. The van der Waals surface area contributed by atoms with Gasteiger partial charge in [0.05, 0.1) is 5.92 Å². The van der Waals surface area contributed by atoms with Crippen molar-refractivity contribution >= 4 is 18.3 Å². The molecule has 0 bridgehead atoms. The molecule has 0 spiro atoms. The molecule has 1 aliphatic heterocycles. The number of amides is 1. The second kappa shape index (κ2) is 9.11. The van der Waals surface area contributed by atoms with Crippen molar-refractivity contribution in [2.75, 3.05) is 19.6 Å². The zero-order chi connectivity index (χ0) is 15.2. The number of hydrogen-bond donors (Lipinski definition) is 1. The molecular weight excluding hydrogens is 303 g/mol. The van der Waals surface area contributed by atoms with E-state index >= 15 is 0 Å². The number of carbonyl (C=O) groups is 1. The molecule has 2 rings (SSSR count). The highest BCUT2D eigenvalue weighted by atomic mass is 35.5. The molecule has 22 heavy (non-hydrogen) atoms. The molecule has 1 aromatic rings. The third-order valence-corrected chi connectivity index (χ3v) is 4.22. The van der Waals surface area contributed by atoms with E-state index in [1.54, 1.807) is 6.07 Å².